The zero-order chi connectivity index (χ0) is 20.0. The van der Waals surface area contributed by atoms with Crippen molar-refractivity contribution in [2.45, 2.75) is 33.5 Å². The number of imidazole rings is 1. The molecule has 3 rings (SSSR count). The van der Waals surface area contributed by atoms with Gasteiger partial charge in [-0.2, -0.15) is 13.2 Å². The number of para-hydroxylation sites is 1. The van der Waals surface area contributed by atoms with Crippen LogP contribution in [-0.2, 0) is 12.7 Å². The second kappa shape index (κ2) is 8.75. The van der Waals surface area contributed by atoms with Gasteiger partial charge in [0.05, 0.1) is 19.9 Å². The van der Waals surface area contributed by atoms with E-state index < -0.39 is 11.9 Å². The van der Waals surface area contributed by atoms with E-state index in [-0.39, 0.29) is 12.4 Å². The van der Waals surface area contributed by atoms with Gasteiger partial charge in [0, 0.05) is 11.1 Å². The van der Waals surface area contributed by atoms with E-state index in [1.807, 2.05) is 32.9 Å². The molecule has 1 heterocycles. The Morgan fingerprint density at radius 2 is 1.63 bits per heavy atom. The Kier molecular flexibility index (Phi) is 6.66. The number of ether oxygens (including phenoxy) is 1. The van der Waals surface area contributed by atoms with Crippen molar-refractivity contribution in [3.63, 3.8) is 0 Å². The molecule has 0 aliphatic carbocycles. The number of rotatable bonds is 4. The standard InChI is InChI=1S/C19H17F3N2O.C2H6/c1-13-7-9-14(10-8-13)18-23-11-17(19(20,21)22)24(18)12-15-5-3-4-6-16(15)25-2;1-2/h3-11H,12H2,1-2H3;1-2H3. The highest BCUT2D eigenvalue weighted by atomic mass is 19.4. The molecule has 0 atom stereocenters. The molecule has 0 aliphatic rings. The van der Waals surface area contributed by atoms with Crippen LogP contribution in [0.25, 0.3) is 11.4 Å². The fourth-order valence-electron chi connectivity index (χ4n) is 2.70. The summed E-state index contributed by atoms with van der Waals surface area (Å²) in [4.78, 5) is 4.04. The van der Waals surface area contributed by atoms with Gasteiger partial charge in [0.1, 0.15) is 17.3 Å². The van der Waals surface area contributed by atoms with Crippen LogP contribution in [0, 0.1) is 6.92 Å². The number of nitrogens with zero attached hydrogens (tertiary/aromatic N) is 2. The Hall–Kier alpha value is -2.76. The van der Waals surface area contributed by atoms with Crippen LogP contribution in [0.15, 0.2) is 54.7 Å². The number of aromatic nitrogens is 2. The molecule has 0 radical (unpaired) electrons. The summed E-state index contributed by atoms with van der Waals surface area (Å²) in [6, 6.07) is 14.3. The SMILES string of the molecule is CC.COc1ccccc1Cn1c(C(F)(F)F)cnc1-c1ccc(C)cc1. The molecule has 0 aliphatic heterocycles. The van der Waals surface area contributed by atoms with E-state index in [0.717, 1.165) is 11.8 Å². The fourth-order valence-corrected chi connectivity index (χ4v) is 2.70. The van der Waals surface area contributed by atoms with Crippen molar-refractivity contribution < 1.29 is 17.9 Å². The van der Waals surface area contributed by atoms with E-state index in [9.17, 15) is 13.2 Å². The minimum atomic E-state index is -4.49. The highest BCUT2D eigenvalue weighted by Gasteiger charge is 2.36. The van der Waals surface area contributed by atoms with Crippen molar-refractivity contribution in [3.05, 3.63) is 71.5 Å². The molecular weight excluding hydrogens is 353 g/mol. The van der Waals surface area contributed by atoms with Gasteiger partial charge in [0.2, 0.25) is 0 Å². The van der Waals surface area contributed by atoms with Crippen LogP contribution in [0.3, 0.4) is 0 Å². The van der Waals surface area contributed by atoms with Crippen LogP contribution >= 0.6 is 0 Å². The van der Waals surface area contributed by atoms with Crippen molar-refractivity contribution in [3.8, 4) is 17.1 Å². The zero-order valence-electron chi connectivity index (χ0n) is 15.8. The third-order valence-electron chi connectivity index (χ3n) is 3.98. The molecule has 0 spiro atoms. The summed E-state index contributed by atoms with van der Waals surface area (Å²) in [6.45, 7) is 5.94. The highest BCUT2D eigenvalue weighted by Crippen LogP contribution is 2.34. The third kappa shape index (κ3) is 4.70. The van der Waals surface area contributed by atoms with E-state index in [0.29, 0.717) is 16.9 Å². The lowest BCUT2D eigenvalue weighted by molar-refractivity contribution is -0.143. The molecule has 0 unspecified atom stereocenters. The van der Waals surface area contributed by atoms with Crippen LogP contribution in [0.1, 0.15) is 30.7 Å². The van der Waals surface area contributed by atoms with Crippen LogP contribution in [-0.4, -0.2) is 16.7 Å². The van der Waals surface area contributed by atoms with Crippen LogP contribution in [0.2, 0.25) is 0 Å². The Morgan fingerprint density at radius 1 is 1.00 bits per heavy atom. The Bertz CT molecular complexity index is 868. The molecular formula is C21H23F3N2O. The first-order valence-corrected chi connectivity index (χ1v) is 8.72. The van der Waals surface area contributed by atoms with Crippen molar-refractivity contribution in [1.29, 1.82) is 0 Å². The lowest BCUT2D eigenvalue weighted by atomic mass is 10.1. The minimum Gasteiger partial charge on any atom is -0.496 e. The minimum absolute atomic E-state index is 0.0159. The zero-order valence-corrected chi connectivity index (χ0v) is 15.8. The van der Waals surface area contributed by atoms with Gasteiger partial charge in [-0.15, -0.1) is 0 Å². The molecule has 0 N–H and O–H groups in total. The molecule has 0 amide bonds. The van der Waals surface area contributed by atoms with Gasteiger partial charge in [-0.3, -0.25) is 0 Å². The predicted octanol–water partition coefficient (Wildman–Crippen LogP) is 5.96. The molecule has 3 aromatic rings. The van der Waals surface area contributed by atoms with Crippen LogP contribution in [0.5, 0.6) is 5.75 Å². The van der Waals surface area contributed by atoms with Crippen LogP contribution < -0.4 is 4.74 Å². The number of alkyl halides is 3. The average Bonchev–Trinajstić information content (AvgIpc) is 3.08. The molecule has 3 nitrogen and oxygen atoms in total. The number of aryl methyl sites for hydroxylation is 1. The van der Waals surface area contributed by atoms with Crippen molar-refractivity contribution in [1.82, 2.24) is 9.55 Å². The maximum Gasteiger partial charge on any atom is 0.433 e. The van der Waals surface area contributed by atoms with Gasteiger partial charge in [0.15, 0.2) is 0 Å². The van der Waals surface area contributed by atoms with Gasteiger partial charge >= 0.3 is 6.18 Å². The highest BCUT2D eigenvalue weighted by molar-refractivity contribution is 5.57. The molecule has 144 valence electrons. The number of methoxy groups -OCH3 is 1. The van der Waals surface area contributed by atoms with Gasteiger partial charge in [-0.25, -0.2) is 4.98 Å². The number of hydrogen-bond donors (Lipinski definition) is 0. The molecule has 1 aromatic heterocycles. The normalized spacial score (nSPS) is 10.9. The van der Waals surface area contributed by atoms with E-state index in [1.54, 1.807) is 36.4 Å². The first kappa shape index (κ1) is 20.6. The van der Waals surface area contributed by atoms with E-state index in [2.05, 4.69) is 4.98 Å². The summed E-state index contributed by atoms with van der Waals surface area (Å²) in [7, 11) is 1.50. The molecule has 0 saturated heterocycles. The predicted molar refractivity (Wildman–Crippen MR) is 101 cm³/mol. The average molecular weight is 376 g/mol. The first-order chi connectivity index (χ1) is 12.9. The molecule has 6 heteroatoms. The van der Waals surface area contributed by atoms with Crippen molar-refractivity contribution >= 4 is 0 Å². The molecule has 0 fully saturated rings. The lowest BCUT2D eigenvalue weighted by Gasteiger charge is -2.16. The maximum atomic E-state index is 13.4. The maximum absolute atomic E-state index is 13.4. The lowest BCUT2D eigenvalue weighted by Crippen LogP contribution is -2.15. The summed E-state index contributed by atoms with van der Waals surface area (Å²) in [6.07, 6.45) is -3.61. The molecule has 27 heavy (non-hydrogen) atoms. The second-order valence-electron chi connectivity index (χ2n) is 5.73. The van der Waals surface area contributed by atoms with Gasteiger partial charge in [0.25, 0.3) is 0 Å². The summed E-state index contributed by atoms with van der Waals surface area (Å²) in [5.41, 5.74) is 1.54. The Labute approximate surface area is 157 Å². The topological polar surface area (TPSA) is 27.1 Å². The summed E-state index contributed by atoms with van der Waals surface area (Å²) in [5, 5.41) is 0. The number of hydrogen-bond acceptors (Lipinski definition) is 2. The monoisotopic (exact) mass is 376 g/mol. The smallest absolute Gasteiger partial charge is 0.433 e. The van der Waals surface area contributed by atoms with Gasteiger partial charge in [-0.1, -0.05) is 61.9 Å². The van der Waals surface area contributed by atoms with E-state index in [1.165, 1.54) is 11.7 Å². The fraction of sp³-hybridized carbons (Fsp3) is 0.286. The molecule has 2 aromatic carbocycles. The van der Waals surface area contributed by atoms with Gasteiger partial charge < -0.3 is 9.30 Å². The third-order valence-corrected chi connectivity index (χ3v) is 3.98. The van der Waals surface area contributed by atoms with Crippen LogP contribution in [0.4, 0.5) is 13.2 Å². The number of benzene rings is 2. The molecule has 0 saturated carbocycles. The quantitative estimate of drug-likeness (QED) is 0.562. The van der Waals surface area contributed by atoms with Crippen molar-refractivity contribution in [2.24, 2.45) is 0 Å². The van der Waals surface area contributed by atoms with Gasteiger partial charge in [-0.05, 0) is 13.0 Å². The molecule has 0 bridgehead atoms. The summed E-state index contributed by atoms with van der Waals surface area (Å²) >= 11 is 0. The Balaban J connectivity index is 0.00000126. The summed E-state index contributed by atoms with van der Waals surface area (Å²) < 4.78 is 46.8. The summed E-state index contributed by atoms with van der Waals surface area (Å²) in [5.74, 6) is 0.817. The van der Waals surface area contributed by atoms with Crippen molar-refractivity contribution in [2.75, 3.05) is 7.11 Å². The van der Waals surface area contributed by atoms with E-state index >= 15 is 0 Å². The number of halogens is 3. The first-order valence-electron chi connectivity index (χ1n) is 8.72. The van der Waals surface area contributed by atoms with E-state index in [4.69, 9.17) is 4.74 Å². The Morgan fingerprint density at radius 3 is 2.22 bits per heavy atom. The second-order valence-corrected chi connectivity index (χ2v) is 5.73. The largest absolute Gasteiger partial charge is 0.496 e.